The highest BCUT2D eigenvalue weighted by Crippen LogP contribution is 2.34. The van der Waals surface area contributed by atoms with E-state index >= 15 is 0 Å². The van der Waals surface area contributed by atoms with E-state index in [9.17, 15) is 0 Å². The number of hydrogen-bond donors (Lipinski definition) is 1. The van der Waals surface area contributed by atoms with E-state index in [-0.39, 0.29) is 12.4 Å². The zero-order valence-electron chi connectivity index (χ0n) is 12.9. The third kappa shape index (κ3) is 3.77. The van der Waals surface area contributed by atoms with Gasteiger partial charge in [0.2, 0.25) is 0 Å². The molecule has 2 aliphatic heterocycles. The van der Waals surface area contributed by atoms with Crippen molar-refractivity contribution in [3.63, 3.8) is 0 Å². The molecule has 1 saturated heterocycles. The lowest BCUT2D eigenvalue weighted by Gasteiger charge is -2.38. The molecular weight excluding hydrogens is 368 g/mol. The van der Waals surface area contributed by atoms with Crippen LogP contribution in [0.15, 0.2) is 16.6 Å². The summed E-state index contributed by atoms with van der Waals surface area (Å²) in [7, 11) is 1.79. The van der Waals surface area contributed by atoms with Gasteiger partial charge in [0.25, 0.3) is 0 Å². The Bertz CT molecular complexity index is 515. The maximum absolute atomic E-state index is 5.97. The normalized spacial score (nSPS) is 24.5. The SMILES string of the molecule is COC1CCN(Cc2cc(Br)cc3c2OCC3)C(CN)C1.Cl. The highest BCUT2D eigenvalue weighted by molar-refractivity contribution is 9.10. The number of benzene rings is 1. The van der Waals surface area contributed by atoms with Crippen LogP contribution in [0.25, 0.3) is 0 Å². The van der Waals surface area contributed by atoms with E-state index in [2.05, 4.69) is 33.0 Å². The number of nitrogens with zero attached hydrogens (tertiary/aromatic N) is 1. The predicted molar refractivity (Wildman–Crippen MR) is 93.9 cm³/mol. The molecule has 124 valence electrons. The number of piperidine rings is 1. The van der Waals surface area contributed by atoms with Crippen LogP contribution in [0.5, 0.6) is 5.75 Å². The summed E-state index contributed by atoms with van der Waals surface area (Å²) >= 11 is 3.61. The second-order valence-corrected chi connectivity index (χ2v) is 6.81. The number of rotatable bonds is 4. The summed E-state index contributed by atoms with van der Waals surface area (Å²) in [5.74, 6) is 1.09. The van der Waals surface area contributed by atoms with Gasteiger partial charge in [0.1, 0.15) is 5.75 Å². The Morgan fingerprint density at radius 2 is 2.27 bits per heavy atom. The van der Waals surface area contributed by atoms with Gasteiger partial charge in [0.05, 0.1) is 12.7 Å². The Labute approximate surface area is 146 Å². The predicted octanol–water partition coefficient (Wildman–Crippen LogP) is 2.74. The Balaban J connectivity index is 0.00000176. The fourth-order valence-corrected chi connectivity index (χ4v) is 3.97. The van der Waals surface area contributed by atoms with E-state index in [1.54, 1.807) is 7.11 Å². The molecular formula is C16H24BrClN2O2. The molecule has 2 atom stereocenters. The number of likely N-dealkylation sites (tertiary alicyclic amines) is 1. The molecule has 22 heavy (non-hydrogen) atoms. The largest absolute Gasteiger partial charge is 0.493 e. The van der Waals surface area contributed by atoms with Crippen molar-refractivity contribution in [3.8, 4) is 5.75 Å². The lowest BCUT2D eigenvalue weighted by Crippen LogP contribution is -2.48. The molecule has 2 N–H and O–H groups in total. The molecule has 0 amide bonds. The van der Waals surface area contributed by atoms with Crippen LogP contribution in [-0.4, -0.2) is 43.9 Å². The number of hydrogen-bond acceptors (Lipinski definition) is 4. The third-order valence-electron chi connectivity index (χ3n) is 4.59. The van der Waals surface area contributed by atoms with Crippen LogP contribution in [0.3, 0.4) is 0 Å². The first-order valence-electron chi connectivity index (χ1n) is 7.62. The Morgan fingerprint density at radius 3 is 3.00 bits per heavy atom. The first-order valence-corrected chi connectivity index (χ1v) is 8.41. The molecule has 0 saturated carbocycles. The fraction of sp³-hybridized carbons (Fsp3) is 0.625. The summed E-state index contributed by atoms with van der Waals surface area (Å²) in [5.41, 5.74) is 8.55. The van der Waals surface area contributed by atoms with Crippen molar-refractivity contribution < 1.29 is 9.47 Å². The molecule has 4 nitrogen and oxygen atoms in total. The first-order chi connectivity index (χ1) is 10.2. The molecule has 0 bridgehead atoms. The molecule has 0 radical (unpaired) electrons. The monoisotopic (exact) mass is 390 g/mol. The summed E-state index contributed by atoms with van der Waals surface area (Å²) in [6.07, 6.45) is 3.45. The molecule has 2 unspecified atom stereocenters. The van der Waals surface area contributed by atoms with Crippen molar-refractivity contribution in [1.82, 2.24) is 4.90 Å². The summed E-state index contributed by atoms with van der Waals surface area (Å²) in [5, 5.41) is 0. The summed E-state index contributed by atoms with van der Waals surface area (Å²) in [6.45, 7) is 3.41. The second-order valence-electron chi connectivity index (χ2n) is 5.89. The number of ether oxygens (including phenoxy) is 2. The standard InChI is InChI=1S/C16H23BrN2O2.ClH/c1-20-15-2-4-19(14(8-15)9-18)10-12-7-13(17)6-11-3-5-21-16(11)12;/h6-7,14-15H,2-5,8-10,18H2,1H3;1H. The van der Waals surface area contributed by atoms with Gasteiger partial charge in [-0.05, 0) is 30.5 Å². The van der Waals surface area contributed by atoms with Gasteiger partial charge in [-0.15, -0.1) is 12.4 Å². The number of nitrogens with two attached hydrogens (primary N) is 1. The third-order valence-corrected chi connectivity index (χ3v) is 5.05. The maximum atomic E-state index is 5.97. The highest BCUT2D eigenvalue weighted by atomic mass is 79.9. The lowest BCUT2D eigenvalue weighted by atomic mass is 9.98. The first kappa shape index (κ1) is 18.0. The van der Waals surface area contributed by atoms with Gasteiger partial charge in [0.15, 0.2) is 0 Å². The van der Waals surface area contributed by atoms with Gasteiger partial charge in [0, 0.05) is 49.2 Å². The molecule has 0 aromatic heterocycles. The van der Waals surface area contributed by atoms with Crippen LogP contribution in [0, 0.1) is 0 Å². The van der Waals surface area contributed by atoms with E-state index in [1.807, 2.05) is 0 Å². The van der Waals surface area contributed by atoms with Crippen molar-refractivity contribution >= 4 is 28.3 Å². The van der Waals surface area contributed by atoms with Crippen LogP contribution in [0.2, 0.25) is 0 Å². The fourth-order valence-electron chi connectivity index (χ4n) is 3.41. The average Bonchev–Trinajstić information content (AvgIpc) is 2.96. The summed E-state index contributed by atoms with van der Waals surface area (Å²) in [6, 6.07) is 4.74. The van der Waals surface area contributed by atoms with Crippen LogP contribution < -0.4 is 10.5 Å². The van der Waals surface area contributed by atoms with Gasteiger partial charge in [-0.2, -0.15) is 0 Å². The van der Waals surface area contributed by atoms with Gasteiger partial charge in [-0.3, -0.25) is 4.90 Å². The minimum absolute atomic E-state index is 0. The second kappa shape index (κ2) is 7.97. The number of methoxy groups -OCH3 is 1. The minimum Gasteiger partial charge on any atom is -0.493 e. The van der Waals surface area contributed by atoms with Crippen LogP contribution in [0.4, 0.5) is 0 Å². The molecule has 0 aliphatic carbocycles. The molecule has 1 aromatic carbocycles. The smallest absolute Gasteiger partial charge is 0.127 e. The molecule has 6 heteroatoms. The van der Waals surface area contributed by atoms with Crippen molar-refractivity contribution in [2.45, 2.75) is 38.0 Å². The topological polar surface area (TPSA) is 47.7 Å². The molecule has 0 spiro atoms. The summed E-state index contributed by atoms with van der Waals surface area (Å²) in [4.78, 5) is 2.47. The molecule has 3 rings (SSSR count). The van der Waals surface area contributed by atoms with Crippen molar-refractivity contribution in [3.05, 3.63) is 27.7 Å². The molecule has 2 aliphatic rings. The van der Waals surface area contributed by atoms with E-state index in [0.717, 1.165) is 49.2 Å². The van der Waals surface area contributed by atoms with Gasteiger partial charge in [-0.25, -0.2) is 0 Å². The number of fused-ring (bicyclic) bond motifs is 1. The van der Waals surface area contributed by atoms with Crippen LogP contribution in [-0.2, 0) is 17.7 Å². The minimum atomic E-state index is 0. The van der Waals surface area contributed by atoms with E-state index < -0.39 is 0 Å². The summed E-state index contributed by atoms with van der Waals surface area (Å²) < 4.78 is 12.5. The van der Waals surface area contributed by atoms with E-state index in [0.29, 0.717) is 18.7 Å². The van der Waals surface area contributed by atoms with Gasteiger partial charge < -0.3 is 15.2 Å². The number of halogens is 2. The Kier molecular flexibility index (Phi) is 6.53. The van der Waals surface area contributed by atoms with E-state index in [4.69, 9.17) is 15.2 Å². The van der Waals surface area contributed by atoms with Crippen molar-refractivity contribution in [1.29, 1.82) is 0 Å². The maximum Gasteiger partial charge on any atom is 0.127 e. The molecule has 1 aromatic rings. The van der Waals surface area contributed by atoms with Crippen LogP contribution >= 0.6 is 28.3 Å². The van der Waals surface area contributed by atoms with E-state index in [1.165, 1.54) is 11.1 Å². The zero-order chi connectivity index (χ0) is 14.8. The molecule has 2 heterocycles. The van der Waals surface area contributed by atoms with Crippen molar-refractivity contribution in [2.24, 2.45) is 5.73 Å². The Morgan fingerprint density at radius 1 is 1.45 bits per heavy atom. The molecule has 1 fully saturated rings. The quantitative estimate of drug-likeness (QED) is 0.857. The average molecular weight is 392 g/mol. The van der Waals surface area contributed by atoms with Crippen LogP contribution in [0.1, 0.15) is 24.0 Å². The van der Waals surface area contributed by atoms with Crippen molar-refractivity contribution in [2.75, 3.05) is 26.8 Å². The van der Waals surface area contributed by atoms with Gasteiger partial charge in [-0.1, -0.05) is 15.9 Å². The zero-order valence-corrected chi connectivity index (χ0v) is 15.3. The van der Waals surface area contributed by atoms with Gasteiger partial charge >= 0.3 is 0 Å². The highest BCUT2D eigenvalue weighted by Gasteiger charge is 2.29. The lowest BCUT2D eigenvalue weighted by molar-refractivity contribution is 0.00999. The Hall–Kier alpha value is -0.330.